The molecule has 3 aliphatic heterocycles. The smallest absolute Gasteiger partial charge is 0.434 e. The third-order valence-corrected chi connectivity index (χ3v) is 12.2. The zero-order valence-corrected chi connectivity index (χ0v) is 28.2. The molecule has 13 heteroatoms. The Kier molecular flexibility index (Phi) is 6.58. The number of H-pyrrole nitrogens is 1. The molecule has 0 radical (unpaired) electrons. The molecule has 4 aromatic heterocycles. The normalized spacial score (nSPS) is 21.2. The summed E-state index contributed by atoms with van der Waals surface area (Å²) in [6, 6.07) is 13.5. The summed E-state index contributed by atoms with van der Waals surface area (Å²) in [7, 11) is 1.49. The van der Waals surface area contributed by atoms with Crippen molar-refractivity contribution >= 4 is 33.1 Å². The summed E-state index contributed by atoms with van der Waals surface area (Å²) in [4.78, 5) is 39.5. The van der Waals surface area contributed by atoms with E-state index in [4.69, 9.17) is 19.1 Å². The number of fused-ring (bicyclic) bond motifs is 3. The number of carbonyl (C=O) groups is 1. The largest absolute Gasteiger partial charge is 0.493 e. The van der Waals surface area contributed by atoms with E-state index < -0.39 is 11.3 Å². The maximum atomic E-state index is 14.5. The average molecular weight is 705 g/mol. The van der Waals surface area contributed by atoms with Gasteiger partial charge in [0.1, 0.15) is 11.6 Å². The molecule has 11 rings (SSSR count). The minimum absolute atomic E-state index is 0.0564. The number of rotatable bonds is 8. The third-order valence-electron chi connectivity index (χ3n) is 11.1. The maximum Gasteiger partial charge on any atom is 0.434 e. The number of anilines is 1. The van der Waals surface area contributed by atoms with Crippen LogP contribution in [0.1, 0.15) is 63.7 Å². The molecule has 5 aliphatic rings. The molecule has 2 N–H and O–H groups in total. The first-order valence-corrected chi connectivity index (χ1v) is 17.8. The molecule has 1 amide bonds. The Labute approximate surface area is 293 Å². The van der Waals surface area contributed by atoms with Gasteiger partial charge < -0.3 is 19.4 Å². The topological polar surface area (TPSA) is 126 Å². The first kappa shape index (κ1) is 30.4. The number of benzene rings is 2. The summed E-state index contributed by atoms with van der Waals surface area (Å²) in [6.45, 7) is 0.689. The molecular formula is C38H30F2N6O4S. The van der Waals surface area contributed by atoms with Crippen LogP contribution in [0.5, 0.6) is 5.75 Å². The second-order valence-electron chi connectivity index (χ2n) is 13.9. The Hall–Kier alpha value is -5.43. The summed E-state index contributed by atoms with van der Waals surface area (Å²) in [6.07, 6.45) is 5.89. The standard InChI is InChI=1S/C38H30F2N6O4S/c1-49-32-22-8-11-25(21(22)7-9-24(32)40)43-34-23-14-28(51-27(23)12-13-41-34)30-29(35-44-45-37(48)50-35)26(10-4-18-2-5-20(39)6-3-18)42-33-31(30)36(47)46-17-19-15-38(33,46)16-19/h2-3,5-7,9,12-14,19,25H,4,8,10-11,15-17H2,1H3,(H,41,43)(H,45,48). The highest BCUT2D eigenvalue weighted by Gasteiger charge is 2.65. The Balaban J connectivity index is 1.14. The highest BCUT2D eigenvalue weighted by Crippen LogP contribution is 2.63. The van der Waals surface area contributed by atoms with Gasteiger partial charge in [-0.05, 0) is 85.9 Å². The Morgan fingerprint density at radius 3 is 2.71 bits per heavy atom. The summed E-state index contributed by atoms with van der Waals surface area (Å²) in [5.41, 5.74) is 5.38. The van der Waals surface area contributed by atoms with Gasteiger partial charge in [0.2, 0.25) is 0 Å². The van der Waals surface area contributed by atoms with Gasteiger partial charge in [0.25, 0.3) is 11.8 Å². The van der Waals surface area contributed by atoms with Crippen molar-refractivity contribution in [2.45, 2.75) is 50.1 Å². The number of pyridine rings is 2. The van der Waals surface area contributed by atoms with Crippen molar-refractivity contribution < 1.29 is 22.7 Å². The molecular weight excluding hydrogens is 675 g/mol. The van der Waals surface area contributed by atoms with Crippen molar-refractivity contribution in [3.63, 3.8) is 0 Å². The Bertz CT molecular complexity index is 2490. The molecule has 1 unspecified atom stereocenters. The van der Waals surface area contributed by atoms with Gasteiger partial charge in [-0.25, -0.2) is 23.7 Å². The number of aromatic amines is 1. The second-order valence-corrected chi connectivity index (χ2v) is 14.9. The van der Waals surface area contributed by atoms with E-state index >= 15 is 0 Å². The number of nitrogens with zero attached hydrogens (tertiary/aromatic N) is 4. The second kappa shape index (κ2) is 11.0. The predicted molar refractivity (Wildman–Crippen MR) is 186 cm³/mol. The SMILES string of the molecule is COc1c(F)ccc2c1CCC2Nc1nccc2sc(-c3c4c(nc(CCc5ccc(F)cc5)c3-c3n[nH]c(=O)o3)C35CC(CN3C4=O)C5)cc12. The number of halogens is 2. The van der Waals surface area contributed by atoms with Crippen LogP contribution in [0.25, 0.3) is 32.0 Å². The highest BCUT2D eigenvalue weighted by molar-refractivity contribution is 7.22. The zero-order valence-electron chi connectivity index (χ0n) is 27.4. The van der Waals surface area contributed by atoms with Crippen LogP contribution in [-0.4, -0.2) is 44.6 Å². The molecule has 2 bridgehead atoms. The van der Waals surface area contributed by atoms with Crippen LogP contribution in [0, 0.1) is 17.6 Å². The number of thiophene rings is 1. The minimum atomic E-state index is -0.714. The van der Waals surface area contributed by atoms with Crippen LogP contribution < -0.4 is 15.8 Å². The fraction of sp³-hybridized carbons (Fsp3) is 0.289. The number of hydrogen-bond donors (Lipinski definition) is 2. The van der Waals surface area contributed by atoms with E-state index in [1.165, 1.54) is 36.6 Å². The molecule has 7 heterocycles. The van der Waals surface area contributed by atoms with Crippen LogP contribution in [0.2, 0.25) is 0 Å². The number of carbonyl (C=O) groups excluding carboxylic acids is 1. The van der Waals surface area contributed by atoms with Gasteiger partial charge in [-0.1, -0.05) is 18.2 Å². The first-order valence-electron chi connectivity index (χ1n) is 17.0. The average Bonchev–Trinajstić information content (AvgIpc) is 3.96. The van der Waals surface area contributed by atoms with Crippen LogP contribution in [-0.2, 0) is 24.8 Å². The van der Waals surface area contributed by atoms with Gasteiger partial charge in [-0.3, -0.25) is 9.78 Å². The Morgan fingerprint density at radius 2 is 1.92 bits per heavy atom. The van der Waals surface area contributed by atoms with E-state index in [1.807, 2.05) is 17.0 Å². The highest BCUT2D eigenvalue weighted by atomic mass is 32.1. The number of ether oxygens (including phenoxy) is 1. The van der Waals surface area contributed by atoms with Crippen molar-refractivity contribution in [3.8, 4) is 27.6 Å². The summed E-state index contributed by atoms with van der Waals surface area (Å²) in [5.74, 6) is -0.0181. The summed E-state index contributed by atoms with van der Waals surface area (Å²) in [5, 5.41) is 11.1. The van der Waals surface area contributed by atoms with E-state index in [0.29, 0.717) is 59.9 Å². The molecule has 1 saturated carbocycles. The number of nitrogens with one attached hydrogen (secondary N) is 2. The number of aromatic nitrogens is 4. The van der Waals surface area contributed by atoms with Crippen molar-refractivity contribution in [1.29, 1.82) is 0 Å². The molecule has 256 valence electrons. The van der Waals surface area contributed by atoms with E-state index in [1.54, 1.807) is 24.4 Å². The molecule has 1 atom stereocenters. The molecule has 51 heavy (non-hydrogen) atoms. The lowest BCUT2D eigenvalue weighted by atomic mass is 9.71. The quantitative estimate of drug-likeness (QED) is 0.175. The molecule has 2 aromatic carbocycles. The van der Waals surface area contributed by atoms with Crippen molar-refractivity contribution in [1.82, 2.24) is 25.1 Å². The van der Waals surface area contributed by atoms with Gasteiger partial charge in [0.05, 0.1) is 41.2 Å². The van der Waals surface area contributed by atoms with E-state index in [9.17, 15) is 18.4 Å². The number of methoxy groups -OCH3 is 1. The lowest BCUT2D eigenvalue weighted by molar-refractivity contribution is 0.0637. The lowest BCUT2D eigenvalue weighted by Crippen LogP contribution is -2.40. The van der Waals surface area contributed by atoms with E-state index in [-0.39, 0.29) is 35.2 Å². The van der Waals surface area contributed by atoms with Crippen molar-refractivity contribution in [2.24, 2.45) is 5.92 Å². The zero-order chi connectivity index (χ0) is 34.6. The van der Waals surface area contributed by atoms with Crippen molar-refractivity contribution in [2.75, 3.05) is 19.0 Å². The minimum Gasteiger partial charge on any atom is -0.493 e. The van der Waals surface area contributed by atoms with Gasteiger partial charge in [-0.2, -0.15) is 0 Å². The van der Waals surface area contributed by atoms with Gasteiger partial charge in [0.15, 0.2) is 11.6 Å². The predicted octanol–water partition coefficient (Wildman–Crippen LogP) is 6.95. The number of amides is 1. The van der Waals surface area contributed by atoms with Crippen LogP contribution >= 0.6 is 11.3 Å². The number of aryl methyl sites for hydroxylation is 2. The fourth-order valence-electron chi connectivity index (χ4n) is 8.88. The first-order chi connectivity index (χ1) is 24.8. The summed E-state index contributed by atoms with van der Waals surface area (Å²) < 4.78 is 40.2. The van der Waals surface area contributed by atoms with Crippen LogP contribution in [0.3, 0.4) is 0 Å². The molecule has 2 aliphatic carbocycles. The monoisotopic (exact) mass is 704 g/mol. The van der Waals surface area contributed by atoms with E-state index in [0.717, 1.165) is 56.6 Å². The molecule has 3 fully saturated rings. The fourth-order valence-corrected chi connectivity index (χ4v) is 9.99. The van der Waals surface area contributed by atoms with Crippen LogP contribution in [0.15, 0.2) is 63.9 Å². The number of hydrogen-bond acceptors (Lipinski definition) is 9. The summed E-state index contributed by atoms with van der Waals surface area (Å²) >= 11 is 1.52. The van der Waals surface area contributed by atoms with Crippen LogP contribution in [0.4, 0.5) is 14.6 Å². The van der Waals surface area contributed by atoms with Gasteiger partial charge in [0, 0.05) is 38.8 Å². The maximum absolute atomic E-state index is 14.5. The molecule has 6 aromatic rings. The molecule has 2 saturated heterocycles. The lowest BCUT2D eigenvalue weighted by Gasteiger charge is -2.37. The van der Waals surface area contributed by atoms with Gasteiger partial charge >= 0.3 is 5.76 Å². The van der Waals surface area contributed by atoms with E-state index in [2.05, 4.69) is 15.5 Å². The van der Waals surface area contributed by atoms with Crippen molar-refractivity contribution in [3.05, 3.63) is 111 Å². The Morgan fingerprint density at radius 1 is 1.08 bits per heavy atom. The molecule has 1 spiro atoms. The molecule has 10 nitrogen and oxygen atoms in total. The van der Waals surface area contributed by atoms with Gasteiger partial charge in [-0.15, -0.1) is 16.4 Å². The third kappa shape index (κ3) is 4.46.